The fraction of sp³-hybridized carbons (Fsp3) is 0.250. The van der Waals surface area contributed by atoms with E-state index < -0.39 is 0 Å². The van der Waals surface area contributed by atoms with Gasteiger partial charge in [0.15, 0.2) is 0 Å². The molecule has 0 fully saturated rings. The van der Waals surface area contributed by atoms with Crippen LogP contribution in [-0.4, -0.2) is 13.2 Å². The highest BCUT2D eigenvalue weighted by atomic mass is 16.5. The van der Waals surface area contributed by atoms with Crippen LogP contribution in [0.25, 0.3) is 0 Å². The number of ether oxygens (including phenoxy) is 2. The molecular weight excluding hydrogens is 238 g/mol. The Morgan fingerprint density at radius 2 is 1.63 bits per heavy atom. The van der Waals surface area contributed by atoms with Gasteiger partial charge in [-0.2, -0.15) is 0 Å². The van der Waals surface area contributed by atoms with Crippen molar-refractivity contribution in [1.82, 2.24) is 0 Å². The molecule has 2 aromatic carbocycles. The number of benzene rings is 2. The van der Waals surface area contributed by atoms with Crippen LogP contribution in [0, 0.1) is 0 Å². The number of nitrogens with two attached hydrogens (primary N) is 1. The minimum atomic E-state index is 0.556. The summed E-state index contributed by atoms with van der Waals surface area (Å²) >= 11 is 0. The molecule has 0 saturated heterocycles. The Hall–Kier alpha value is -1.84. The average Bonchev–Trinajstić information content (AvgIpc) is 2.48. The van der Waals surface area contributed by atoms with Gasteiger partial charge in [-0.05, 0) is 23.3 Å². The lowest BCUT2D eigenvalue weighted by Crippen LogP contribution is -2.07. The molecule has 0 unspecified atom stereocenters. The van der Waals surface area contributed by atoms with Gasteiger partial charge in [-0.3, -0.25) is 0 Å². The first-order valence-electron chi connectivity index (χ1n) is 6.42. The van der Waals surface area contributed by atoms with Gasteiger partial charge in [0.25, 0.3) is 0 Å². The second kappa shape index (κ2) is 7.56. The van der Waals surface area contributed by atoms with E-state index in [2.05, 4.69) is 6.07 Å². The summed E-state index contributed by atoms with van der Waals surface area (Å²) in [5, 5.41) is 0. The SMILES string of the molecule is NCc1cccc(COCCOc2ccccc2)c1. The molecule has 2 aromatic rings. The molecule has 2 N–H and O–H groups in total. The summed E-state index contributed by atoms with van der Waals surface area (Å²) in [5.74, 6) is 0.872. The minimum absolute atomic E-state index is 0.556. The van der Waals surface area contributed by atoms with Crippen LogP contribution in [0.15, 0.2) is 54.6 Å². The van der Waals surface area contributed by atoms with Crippen LogP contribution >= 0.6 is 0 Å². The van der Waals surface area contributed by atoms with Gasteiger partial charge in [-0.15, -0.1) is 0 Å². The number of hydrogen-bond donors (Lipinski definition) is 1. The monoisotopic (exact) mass is 257 g/mol. The molecular formula is C16H19NO2. The Bertz CT molecular complexity index is 485. The van der Waals surface area contributed by atoms with Crippen LogP contribution < -0.4 is 10.5 Å². The van der Waals surface area contributed by atoms with Crippen LogP contribution in [0.2, 0.25) is 0 Å². The van der Waals surface area contributed by atoms with Crippen molar-refractivity contribution in [2.45, 2.75) is 13.2 Å². The second-order valence-corrected chi connectivity index (χ2v) is 4.24. The first kappa shape index (κ1) is 13.6. The summed E-state index contributed by atoms with van der Waals surface area (Å²) in [6.45, 7) is 2.28. The number of para-hydroxylation sites is 1. The fourth-order valence-corrected chi connectivity index (χ4v) is 1.77. The normalized spacial score (nSPS) is 10.4. The highest BCUT2D eigenvalue weighted by molar-refractivity contribution is 5.22. The van der Waals surface area contributed by atoms with Gasteiger partial charge in [-0.1, -0.05) is 42.5 Å². The van der Waals surface area contributed by atoms with Crippen LogP contribution in [-0.2, 0) is 17.9 Å². The maximum Gasteiger partial charge on any atom is 0.119 e. The molecule has 0 spiro atoms. The third-order valence-electron chi connectivity index (χ3n) is 2.74. The summed E-state index contributed by atoms with van der Waals surface area (Å²) in [6, 6.07) is 17.9. The van der Waals surface area contributed by atoms with Crippen molar-refractivity contribution in [3.63, 3.8) is 0 Å². The van der Waals surface area contributed by atoms with Gasteiger partial charge in [-0.25, -0.2) is 0 Å². The van der Waals surface area contributed by atoms with E-state index in [1.807, 2.05) is 48.5 Å². The van der Waals surface area contributed by atoms with Gasteiger partial charge >= 0.3 is 0 Å². The Morgan fingerprint density at radius 3 is 2.42 bits per heavy atom. The third kappa shape index (κ3) is 4.73. The van der Waals surface area contributed by atoms with E-state index in [4.69, 9.17) is 15.2 Å². The topological polar surface area (TPSA) is 44.5 Å². The molecule has 100 valence electrons. The Balaban J connectivity index is 1.66. The van der Waals surface area contributed by atoms with Crippen molar-refractivity contribution in [3.05, 3.63) is 65.7 Å². The molecule has 0 radical (unpaired) electrons. The number of hydrogen-bond acceptors (Lipinski definition) is 3. The molecule has 0 aliphatic rings. The van der Waals surface area contributed by atoms with E-state index in [9.17, 15) is 0 Å². The smallest absolute Gasteiger partial charge is 0.119 e. The van der Waals surface area contributed by atoms with Crippen LogP contribution in [0.1, 0.15) is 11.1 Å². The maximum atomic E-state index is 5.60. The standard InChI is InChI=1S/C16H19NO2/c17-12-14-5-4-6-15(11-14)13-18-9-10-19-16-7-2-1-3-8-16/h1-8,11H,9-10,12-13,17H2. The number of rotatable bonds is 7. The van der Waals surface area contributed by atoms with Crippen molar-refractivity contribution >= 4 is 0 Å². The van der Waals surface area contributed by atoms with E-state index in [0.29, 0.717) is 26.4 Å². The van der Waals surface area contributed by atoms with Crippen LogP contribution in [0.3, 0.4) is 0 Å². The Morgan fingerprint density at radius 1 is 0.842 bits per heavy atom. The van der Waals surface area contributed by atoms with Gasteiger partial charge in [0.05, 0.1) is 13.2 Å². The molecule has 0 saturated carbocycles. The van der Waals surface area contributed by atoms with Gasteiger partial charge in [0, 0.05) is 6.54 Å². The molecule has 3 nitrogen and oxygen atoms in total. The molecule has 19 heavy (non-hydrogen) atoms. The lowest BCUT2D eigenvalue weighted by atomic mass is 10.1. The molecule has 0 bridgehead atoms. The minimum Gasteiger partial charge on any atom is -0.491 e. The van der Waals surface area contributed by atoms with Crippen molar-refractivity contribution in [2.24, 2.45) is 5.73 Å². The van der Waals surface area contributed by atoms with Crippen molar-refractivity contribution in [2.75, 3.05) is 13.2 Å². The predicted octanol–water partition coefficient (Wildman–Crippen LogP) is 2.74. The molecule has 0 atom stereocenters. The zero-order valence-electron chi connectivity index (χ0n) is 10.9. The van der Waals surface area contributed by atoms with E-state index >= 15 is 0 Å². The maximum absolute atomic E-state index is 5.60. The van der Waals surface area contributed by atoms with Gasteiger partial charge < -0.3 is 15.2 Å². The van der Waals surface area contributed by atoms with Crippen LogP contribution in [0.4, 0.5) is 0 Å². The first-order valence-corrected chi connectivity index (χ1v) is 6.42. The molecule has 0 amide bonds. The Labute approximate surface area is 114 Å². The molecule has 3 heteroatoms. The lowest BCUT2D eigenvalue weighted by Gasteiger charge is -2.07. The third-order valence-corrected chi connectivity index (χ3v) is 2.74. The van der Waals surface area contributed by atoms with E-state index in [0.717, 1.165) is 16.9 Å². The highest BCUT2D eigenvalue weighted by Gasteiger charge is 1.96. The largest absolute Gasteiger partial charge is 0.491 e. The quantitative estimate of drug-likeness (QED) is 0.776. The van der Waals surface area contributed by atoms with Crippen molar-refractivity contribution < 1.29 is 9.47 Å². The van der Waals surface area contributed by atoms with Gasteiger partial charge in [0.1, 0.15) is 12.4 Å². The molecule has 0 heterocycles. The van der Waals surface area contributed by atoms with Crippen molar-refractivity contribution in [1.29, 1.82) is 0 Å². The van der Waals surface area contributed by atoms with E-state index in [1.165, 1.54) is 0 Å². The fourth-order valence-electron chi connectivity index (χ4n) is 1.77. The van der Waals surface area contributed by atoms with Crippen molar-refractivity contribution in [3.8, 4) is 5.75 Å². The zero-order valence-corrected chi connectivity index (χ0v) is 10.9. The zero-order chi connectivity index (χ0) is 13.3. The summed E-state index contributed by atoms with van der Waals surface area (Å²) < 4.78 is 11.1. The molecule has 0 aliphatic carbocycles. The summed E-state index contributed by atoms with van der Waals surface area (Å²) in [4.78, 5) is 0. The molecule has 2 rings (SSSR count). The predicted molar refractivity (Wildman–Crippen MR) is 75.9 cm³/mol. The lowest BCUT2D eigenvalue weighted by molar-refractivity contribution is 0.0889. The Kier molecular flexibility index (Phi) is 5.41. The summed E-state index contributed by atoms with van der Waals surface area (Å²) in [6.07, 6.45) is 0. The average molecular weight is 257 g/mol. The molecule has 0 aromatic heterocycles. The molecule has 0 aliphatic heterocycles. The van der Waals surface area contributed by atoms with E-state index in [1.54, 1.807) is 0 Å². The first-order chi connectivity index (χ1) is 9.38. The summed E-state index contributed by atoms with van der Waals surface area (Å²) in [5.41, 5.74) is 7.87. The van der Waals surface area contributed by atoms with Crippen LogP contribution in [0.5, 0.6) is 5.75 Å². The highest BCUT2D eigenvalue weighted by Crippen LogP contribution is 2.08. The van der Waals surface area contributed by atoms with Gasteiger partial charge in [0.2, 0.25) is 0 Å². The second-order valence-electron chi connectivity index (χ2n) is 4.24. The summed E-state index contributed by atoms with van der Waals surface area (Å²) in [7, 11) is 0. The van der Waals surface area contributed by atoms with E-state index in [-0.39, 0.29) is 0 Å².